The van der Waals surface area contributed by atoms with Gasteiger partial charge >= 0.3 is 0 Å². The maximum absolute atomic E-state index is 4.26. The fraction of sp³-hybridized carbons (Fsp3) is 0.667. The molecule has 1 saturated heterocycles. The van der Waals surface area contributed by atoms with Crippen LogP contribution in [0, 0.1) is 3.57 Å². The van der Waals surface area contributed by atoms with Crippen LogP contribution in [-0.4, -0.2) is 34.3 Å². The largest absolute Gasteiger partial charge is 0.301 e. The van der Waals surface area contributed by atoms with Crippen LogP contribution in [0.2, 0.25) is 0 Å². The third-order valence-electron chi connectivity index (χ3n) is 2.45. The van der Waals surface area contributed by atoms with E-state index in [4.69, 9.17) is 0 Å². The molecule has 1 aliphatic rings. The van der Waals surface area contributed by atoms with Crippen LogP contribution in [0.5, 0.6) is 0 Å². The molecule has 2 rings (SSSR count). The lowest BCUT2D eigenvalue weighted by molar-refractivity contribution is 0.315. The molecular weight excluding hydrogens is 277 g/mol. The fourth-order valence-corrected chi connectivity index (χ4v) is 2.16. The van der Waals surface area contributed by atoms with Crippen molar-refractivity contribution in [1.82, 2.24) is 14.7 Å². The van der Waals surface area contributed by atoms with Crippen molar-refractivity contribution >= 4 is 22.6 Å². The molecule has 0 spiro atoms. The average molecular weight is 291 g/mol. The van der Waals surface area contributed by atoms with E-state index in [1.165, 1.54) is 29.5 Å². The zero-order valence-electron chi connectivity index (χ0n) is 7.62. The summed E-state index contributed by atoms with van der Waals surface area (Å²) >= 11 is 2.29. The highest BCUT2D eigenvalue weighted by Gasteiger charge is 2.10. The van der Waals surface area contributed by atoms with Gasteiger partial charge in [0.2, 0.25) is 0 Å². The fourth-order valence-electron chi connectivity index (χ4n) is 1.71. The molecule has 2 heterocycles. The molecule has 13 heavy (non-hydrogen) atoms. The Labute approximate surface area is 92.2 Å². The molecule has 1 aromatic heterocycles. The lowest BCUT2D eigenvalue weighted by atomic mass is 10.4. The molecule has 1 fully saturated rings. The molecule has 3 nitrogen and oxygen atoms in total. The van der Waals surface area contributed by atoms with E-state index in [0.29, 0.717) is 0 Å². The van der Waals surface area contributed by atoms with Gasteiger partial charge in [0.15, 0.2) is 0 Å². The van der Waals surface area contributed by atoms with Crippen LogP contribution in [0.3, 0.4) is 0 Å². The van der Waals surface area contributed by atoms with Crippen LogP contribution >= 0.6 is 22.6 Å². The lowest BCUT2D eigenvalue weighted by Gasteiger charge is -2.13. The summed E-state index contributed by atoms with van der Waals surface area (Å²) < 4.78 is 3.25. The number of hydrogen-bond acceptors (Lipinski definition) is 2. The van der Waals surface area contributed by atoms with Crippen LogP contribution in [0.25, 0.3) is 0 Å². The normalized spacial score (nSPS) is 18.2. The predicted octanol–water partition coefficient (Wildman–Crippen LogP) is 1.58. The molecule has 0 atom stereocenters. The van der Waals surface area contributed by atoms with Gasteiger partial charge in [0.25, 0.3) is 0 Å². The van der Waals surface area contributed by atoms with Crippen molar-refractivity contribution < 1.29 is 0 Å². The third-order valence-corrected chi connectivity index (χ3v) is 3.00. The number of nitrogens with zero attached hydrogens (tertiary/aromatic N) is 3. The van der Waals surface area contributed by atoms with Crippen LogP contribution in [0.15, 0.2) is 12.4 Å². The summed E-state index contributed by atoms with van der Waals surface area (Å²) in [6, 6.07) is 0. The van der Waals surface area contributed by atoms with Gasteiger partial charge in [0.1, 0.15) is 0 Å². The highest BCUT2D eigenvalue weighted by atomic mass is 127. The standard InChI is InChI=1S/C9H14IN3/c10-9-7-11-13(8-9)6-5-12-3-1-2-4-12/h7-8H,1-6H2. The van der Waals surface area contributed by atoms with Crippen LogP contribution in [-0.2, 0) is 6.54 Å². The van der Waals surface area contributed by atoms with Crippen molar-refractivity contribution in [2.75, 3.05) is 19.6 Å². The average Bonchev–Trinajstić information content (AvgIpc) is 2.71. The molecule has 0 aliphatic carbocycles. The molecule has 0 bridgehead atoms. The Balaban J connectivity index is 1.78. The van der Waals surface area contributed by atoms with Gasteiger partial charge in [-0.25, -0.2) is 0 Å². The molecule has 0 saturated carbocycles. The number of likely N-dealkylation sites (tertiary alicyclic amines) is 1. The molecule has 1 aromatic rings. The summed E-state index contributed by atoms with van der Waals surface area (Å²) in [7, 11) is 0. The first kappa shape index (κ1) is 9.45. The van der Waals surface area contributed by atoms with Crippen molar-refractivity contribution in [3.8, 4) is 0 Å². The van der Waals surface area contributed by atoms with E-state index in [-0.39, 0.29) is 0 Å². The molecule has 0 radical (unpaired) electrons. The SMILES string of the molecule is Ic1cnn(CCN2CCCC2)c1. The quantitative estimate of drug-likeness (QED) is 0.789. The van der Waals surface area contributed by atoms with Gasteiger partial charge in [0.05, 0.1) is 16.3 Å². The summed E-state index contributed by atoms with van der Waals surface area (Å²) in [5, 5.41) is 4.26. The Morgan fingerprint density at radius 2 is 2.08 bits per heavy atom. The Hall–Kier alpha value is -0.100. The molecular formula is C9H14IN3. The van der Waals surface area contributed by atoms with Crippen LogP contribution < -0.4 is 0 Å². The van der Waals surface area contributed by atoms with E-state index < -0.39 is 0 Å². The number of rotatable bonds is 3. The first-order valence-electron chi connectivity index (χ1n) is 4.75. The second-order valence-electron chi connectivity index (χ2n) is 3.47. The number of hydrogen-bond donors (Lipinski definition) is 0. The van der Waals surface area contributed by atoms with Gasteiger partial charge in [-0.3, -0.25) is 4.68 Å². The molecule has 0 unspecified atom stereocenters. The lowest BCUT2D eigenvalue weighted by Crippen LogP contribution is -2.24. The van der Waals surface area contributed by atoms with E-state index in [1.807, 2.05) is 10.9 Å². The number of halogens is 1. The Bertz CT molecular complexity index is 266. The maximum atomic E-state index is 4.26. The Kier molecular flexibility index (Phi) is 3.21. The summed E-state index contributed by atoms with van der Waals surface area (Å²) in [6.45, 7) is 4.73. The van der Waals surface area contributed by atoms with E-state index in [0.717, 1.165) is 13.1 Å². The first-order valence-corrected chi connectivity index (χ1v) is 5.83. The predicted molar refractivity (Wildman–Crippen MR) is 60.6 cm³/mol. The Morgan fingerprint density at radius 1 is 1.31 bits per heavy atom. The van der Waals surface area contributed by atoms with E-state index in [1.54, 1.807) is 0 Å². The van der Waals surface area contributed by atoms with E-state index >= 15 is 0 Å². The zero-order valence-corrected chi connectivity index (χ0v) is 9.77. The van der Waals surface area contributed by atoms with Gasteiger partial charge in [-0.1, -0.05) is 0 Å². The molecule has 72 valence electrons. The van der Waals surface area contributed by atoms with Gasteiger partial charge in [-0.15, -0.1) is 0 Å². The van der Waals surface area contributed by atoms with E-state index in [2.05, 4.69) is 38.8 Å². The minimum Gasteiger partial charge on any atom is -0.301 e. The molecule has 0 N–H and O–H groups in total. The zero-order chi connectivity index (χ0) is 9.10. The van der Waals surface area contributed by atoms with Crippen LogP contribution in [0.1, 0.15) is 12.8 Å². The van der Waals surface area contributed by atoms with E-state index in [9.17, 15) is 0 Å². The van der Waals surface area contributed by atoms with Crippen molar-refractivity contribution in [1.29, 1.82) is 0 Å². The highest BCUT2D eigenvalue weighted by Crippen LogP contribution is 2.07. The summed E-state index contributed by atoms with van der Waals surface area (Å²) in [5.74, 6) is 0. The third kappa shape index (κ3) is 2.67. The summed E-state index contributed by atoms with van der Waals surface area (Å²) in [6.07, 6.45) is 6.74. The summed E-state index contributed by atoms with van der Waals surface area (Å²) in [4.78, 5) is 2.51. The molecule has 4 heteroatoms. The molecule has 0 amide bonds. The van der Waals surface area contributed by atoms with Crippen molar-refractivity contribution in [2.45, 2.75) is 19.4 Å². The summed E-state index contributed by atoms with van der Waals surface area (Å²) in [5.41, 5.74) is 0. The Morgan fingerprint density at radius 3 is 2.69 bits per heavy atom. The minimum atomic E-state index is 1.03. The number of aromatic nitrogens is 2. The van der Waals surface area contributed by atoms with Crippen molar-refractivity contribution in [3.63, 3.8) is 0 Å². The van der Waals surface area contributed by atoms with Gasteiger partial charge in [-0.2, -0.15) is 5.10 Å². The molecule has 1 aliphatic heterocycles. The van der Waals surface area contributed by atoms with Gasteiger partial charge < -0.3 is 4.90 Å². The van der Waals surface area contributed by atoms with Crippen molar-refractivity contribution in [3.05, 3.63) is 16.0 Å². The van der Waals surface area contributed by atoms with Crippen LogP contribution in [0.4, 0.5) is 0 Å². The second kappa shape index (κ2) is 4.41. The molecule has 0 aromatic carbocycles. The maximum Gasteiger partial charge on any atom is 0.0623 e. The second-order valence-corrected chi connectivity index (χ2v) is 4.72. The first-order chi connectivity index (χ1) is 6.34. The van der Waals surface area contributed by atoms with Gasteiger partial charge in [0, 0.05) is 12.7 Å². The minimum absolute atomic E-state index is 1.03. The van der Waals surface area contributed by atoms with Gasteiger partial charge in [-0.05, 0) is 48.5 Å². The van der Waals surface area contributed by atoms with Crippen molar-refractivity contribution in [2.24, 2.45) is 0 Å². The highest BCUT2D eigenvalue weighted by molar-refractivity contribution is 14.1. The topological polar surface area (TPSA) is 21.1 Å². The monoisotopic (exact) mass is 291 g/mol. The smallest absolute Gasteiger partial charge is 0.0623 e.